The molecular formula is C17H34N2. The van der Waals surface area contributed by atoms with Gasteiger partial charge in [-0.25, -0.2) is 0 Å². The Morgan fingerprint density at radius 2 is 1.21 bits per heavy atom. The van der Waals surface area contributed by atoms with Crippen LogP contribution < -0.4 is 5.73 Å². The first kappa shape index (κ1) is 15.3. The molecular weight excluding hydrogens is 232 g/mol. The van der Waals surface area contributed by atoms with Gasteiger partial charge in [0.25, 0.3) is 0 Å². The van der Waals surface area contributed by atoms with Crippen molar-refractivity contribution < 1.29 is 0 Å². The van der Waals surface area contributed by atoms with Crippen molar-refractivity contribution in [3.05, 3.63) is 0 Å². The molecule has 0 unspecified atom stereocenters. The van der Waals surface area contributed by atoms with E-state index >= 15 is 0 Å². The summed E-state index contributed by atoms with van der Waals surface area (Å²) in [7, 11) is 0. The van der Waals surface area contributed by atoms with Gasteiger partial charge >= 0.3 is 0 Å². The minimum Gasteiger partial charge on any atom is -0.330 e. The molecule has 2 rings (SSSR count). The van der Waals surface area contributed by atoms with Crippen LogP contribution in [-0.2, 0) is 0 Å². The highest BCUT2D eigenvalue weighted by Gasteiger charge is 2.21. The van der Waals surface area contributed by atoms with E-state index in [1.54, 1.807) is 0 Å². The fourth-order valence-electron chi connectivity index (χ4n) is 4.04. The van der Waals surface area contributed by atoms with Crippen molar-refractivity contribution in [3.63, 3.8) is 0 Å². The van der Waals surface area contributed by atoms with Crippen molar-refractivity contribution in [2.24, 2.45) is 17.6 Å². The topological polar surface area (TPSA) is 29.3 Å². The molecule has 2 N–H and O–H groups in total. The average Bonchev–Trinajstić information content (AvgIpc) is 2.47. The van der Waals surface area contributed by atoms with Crippen molar-refractivity contribution in [2.45, 2.75) is 70.6 Å². The van der Waals surface area contributed by atoms with E-state index in [2.05, 4.69) is 4.90 Å². The molecule has 0 atom stereocenters. The number of hydrogen-bond donors (Lipinski definition) is 1. The molecule has 0 amide bonds. The standard InChI is InChI=1S/C17H34N2/c18-12-7-13-19(14-16-8-3-1-4-9-16)15-17-10-5-2-6-11-17/h16-17H,1-15,18H2. The van der Waals surface area contributed by atoms with Crippen LogP contribution in [0.1, 0.15) is 70.6 Å². The lowest BCUT2D eigenvalue weighted by Crippen LogP contribution is -2.36. The van der Waals surface area contributed by atoms with Gasteiger partial charge < -0.3 is 10.6 Å². The van der Waals surface area contributed by atoms with Crippen LogP contribution in [0, 0.1) is 11.8 Å². The predicted molar refractivity (Wildman–Crippen MR) is 83.3 cm³/mol. The Morgan fingerprint density at radius 1 is 0.737 bits per heavy atom. The fraction of sp³-hybridized carbons (Fsp3) is 1.00. The minimum atomic E-state index is 0.853. The first-order valence-electron chi connectivity index (χ1n) is 8.81. The van der Waals surface area contributed by atoms with E-state index in [1.807, 2.05) is 0 Å². The van der Waals surface area contributed by atoms with Gasteiger partial charge in [-0.05, 0) is 57.0 Å². The van der Waals surface area contributed by atoms with Crippen LogP contribution in [0.2, 0.25) is 0 Å². The van der Waals surface area contributed by atoms with E-state index in [-0.39, 0.29) is 0 Å². The molecule has 0 aliphatic heterocycles. The van der Waals surface area contributed by atoms with E-state index in [4.69, 9.17) is 5.73 Å². The fourth-order valence-corrected chi connectivity index (χ4v) is 4.04. The molecule has 0 saturated heterocycles. The molecule has 19 heavy (non-hydrogen) atoms. The largest absolute Gasteiger partial charge is 0.330 e. The molecule has 0 spiro atoms. The van der Waals surface area contributed by atoms with Crippen LogP contribution in [0.3, 0.4) is 0 Å². The summed E-state index contributed by atoms with van der Waals surface area (Å²) in [5, 5.41) is 0. The summed E-state index contributed by atoms with van der Waals surface area (Å²) < 4.78 is 0. The molecule has 112 valence electrons. The van der Waals surface area contributed by atoms with Crippen LogP contribution in [0.5, 0.6) is 0 Å². The van der Waals surface area contributed by atoms with Gasteiger partial charge in [0.2, 0.25) is 0 Å². The SMILES string of the molecule is NCCCN(CC1CCCCC1)CC1CCCCC1. The molecule has 0 aromatic heterocycles. The second-order valence-electron chi connectivity index (χ2n) is 6.91. The smallest absolute Gasteiger partial charge is 0.000978 e. The number of nitrogens with zero attached hydrogens (tertiary/aromatic N) is 1. The molecule has 2 aliphatic carbocycles. The Labute approximate surface area is 120 Å². The average molecular weight is 266 g/mol. The quantitative estimate of drug-likeness (QED) is 0.759. The van der Waals surface area contributed by atoms with Crippen molar-refractivity contribution in [2.75, 3.05) is 26.2 Å². The van der Waals surface area contributed by atoms with Gasteiger partial charge in [-0.15, -0.1) is 0 Å². The second kappa shape index (κ2) is 8.97. The van der Waals surface area contributed by atoms with Crippen LogP contribution in [0.25, 0.3) is 0 Å². The zero-order chi connectivity index (χ0) is 13.3. The number of rotatable bonds is 7. The summed E-state index contributed by atoms with van der Waals surface area (Å²) in [5.74, 6) is 1.96. The highest BCUT2D eigenvalue weighted by Crippen LogP contribution is 2.27. The van der Waals surface area contributed by atoms with E-state index in [9.17, 15) is 0 Å². The first-order chi connectivity index (χ1) is 9.38. The van der Waals surface area contributed by atoms with Crippen LogP contribution in [0.4, 0.5) is 0 Å². The van der Waals surface area contributed by atoms with Gasteiger partial charge in [-0.1, -0.05) is 38.5 Å². The molecule has 0 radical (unpaired) electrons. The zero-order valence-corrected chi connectivity index (χ0v) is 12.8. The summed E-state index contributed by atoms with van der Waals surface area (Å²) in [6.45, 7) is 4.81. The highest BCUT2D eigenvalue weighted by molar-refractivity contribution is 4.75. The van der Waals surface area contributed by atoms with E-state index in [0.29, 0.717) is 0 Å². The molecule has 2 nitrogen and oxygen atoms in total. The maximum absolute atomic E-state index is 5.72. The van der Waals surface area contributed by atoms with Gasteiger partial charge in [-0.2, -0.15) is 0 Å². The normalized spacial score (nSPS) is 23.1. The Hall–Kier alpha value is -0.0800. The Bertz CT molecular complexity index is 197. The third-order valence-corrected chi connectivity index (χ3v) is 5.16. The third kappa shape index (κ3) is 5.83. The Kier molecular flexibility index (Phi) is 7.23. The lowest BCUT2D eigenvalue weighted by atomic mass is 9.87. The van der Waals surface area contributed by atoms with Gasteiger partial charge in [0.15, 0.2) is 0 Å². The van der Waals surface area contributed by atoms with Gasteiger partial charge in [-0.3, -0.25) is 0 Å². The van der Waals surface area contributed by atoms with Crippen molar-refractivity contribution in [1.29, 1.82) is 0 Å². The molecule has 0 heterocycles. The predicted octanol–water partition coefficient (Wildman–Crippen LogP) is 3.80. The van der Waals surface area contributed by atoms with Crippen LogP contribution in [-0.4, -0.2) is 31.1 Å². The number of nitrogens with two attached hydrogens (primary N) is 1. The Morgan fingerprint density at radius 3 is 1.63 bits per heavy atom. The van der Waals surface area contributed by atoms with Gasteiger partial charge in [0, 0.05) is 13.1 Å². The van der Waals surface area contributed by atoms with E-state index in [1.165, 1.54) is 90.3 Å². The van der Waals surface area contributed by atoms with E-state index in [0.717, 1.165) is 18.4 Å². The molecule has 2 saturated carbocycles. The van der Waals surface area contributed by atoms with Gasteiger partial charge in [0.05, 0.1) is 0 Å². The van der Waals surface area contributed by atoms with Crippen molar-refractivity contribution >= 4 is 0 Å². The monoisotopic (exact) mass is 266 g/mol. The van der Waals surface area contributed by atoms with Crippen molar-refractivity contribution in [3.8, 4) is 0 Å². The molecule has 0 bridgehead atoms. The molecule has 0 aromatic rings. The lowest BCUT2D eigenvalue weighted by molar-refractivity contribution is 0.159. The van der Waals surface area contributed by atoms with Crippen LogP contribution in [0.15, 0.2) is 0 Å². The second-order valence-corrected chi connectivity index (χ2v) is 6.91. The molecule has 2 fully saturated rings. The molecule has 2 aliphatic rings. The summed E-state index contributed by atoms with van der Waals surface area (Å²) in [6, 6.07) is 0. The molecule has 2 heteroatoms. The lowest BCUT2D eigenvalue weighted by Gasteiger charge is -2.33. The van der Waals surface area contributed by atoms with E-state index < -0.39 is 0 Å². The highest BCUT2D eigenvalue weighted by atomic mass is 15.1. The summed E-state index contributed by atoms with van der Waals surface area (Å²) in [4.78, 5) is 2.76. The molecule has 0 aromatic carbocycles. The minimum absolute atomic E-state index is 0.853. The van der Waals surface area contributed by atoms with Crippen molar-refractivity contribution in [1.82, 2.24) is 4.90 Å². The van der Waals surface area contributed by atoms with Crippen LogP contribution >= 0.6 is 0 Å². The summed E-state index contributed by atoms with van der Waals surface area (Å²) in [6.07, 6.45) is 15.9. The maximum Gasteiger partial charge on any atom is 0.000978 e. The van der Waals surface area contributed by atoms with Gasteiger partial charge in [0.1, 0.15) is 0 Å². The Balaban J connectivity index is 1.75. The summed E-state index contributed by atoms with van der Waals surface area (Å²) >= 11 is 0. The number of hydrogen-bond acceptors (Lipinski definition) is 2. The maximum atomic E-state index is 5.72. The first-order valence-corrected chi connectivity index (χ1v) is 8.81. The third-order valence-electron chi connectivity index (χ3n) is 5.16. The zero-order valence-electron chi connectivity index (χ0n) is 12.8. The summed E-state index contributed by atoms with van der Waals surface area (Å²) in [5.41, 5.74) is 5.72.